The summed E-state index contributed by atoms with van der Waals surface area (Å²) in [7, 11) is -3.20. The molecule has 0 aliphatic carbocycles. The van der Waals surface area contributed by atoms with E-state index in [-0.39, 0.29) is 11.8 Å². The second kappa shape index (κ2) is 7.07. The lowest BCUT2D eigenvalue weighted by molar-refractivity contribution is -0.137. The van der Waals surface area contributed by atoms with Gasteiger partial charge in [0.1, 0.15) is 0 Å². The average Bonchev–Trinajstić information content (AvgIpc) is 2.96. The van der Waals surface area contributed by atoms with Crippen LogP contribution in [0.4, 0.5) is 0 Å². The van der Waals surface area contributed by atoms with E-state index in [0.717, 1.165) is 39.0 Å². The molecule has 2 rings (SSSR count). The van der Waals surface area contributed by atoms with Gasteiger partial charge in [-0.1, -0.05) is 0 Å². The molecule has 0 aromatic rings. The number of piperidine rings is 1. The number of ether oxygens (including phenoxy) is 1. The topological polar surface area (TPSA) is 66.9 Å². The van der Waals surface area contributed by atoms with Crippen molar-refractivity contribution in [2.75, 3.05) is 45.6 Å². The summed E-state index contributed by atoms with van der Waals surface area (Å²) in [6, 6.07) is 0. The molecule has 0 saturated carbocycles. The van der Waals surface area contributed by atoms with Gasteiger partial charge < -0.3 is 9.64 Å². The van der Waals surface area contributed by atoms with Gasteiger partial charge in [0.25, 0.3) is 0 Å². The summed E-state index contributed by atoms with van der Waals surface area (Å²) < 4.78 is 30.1. The van der Waals surface area contributed by atoms with Gasteiger partial charge in [0.15, 0.2) is 0 Å². The highest BCUT2D eigenvalue weighted by Crippen LogP contribution is 2.22. The first-order chi connectivity index (χ1) is 9.91. The van der Waals surface area contributed by atoms with Crippen molar-refractivity contribution >= 4 is 15.9 Å². The fourth-order valence-corrected chi connectivity index (χ4v) is 4.03. The van der Waals surface area contributed by atoms with Crippen LogP contribution in [-0.2, 0) is 19.6 Å². The molecule has 0 N–H and O–H groups in total. The van der Waals surface area contributed by atoms with Gasteiger partial charge in [0.2, 0.25) is 15.9 Å². The molecule has 2 aliphatic rings. The molecule has 6 nitrogen and oxygen atoms in total. The molecule has 0 aromatic heterocycles. The maximum absolute atomic E-state index is 12.7. The Kier molecular flexibility index (Phi) is 5.62. The zero-order valence-corrected chi connectivity index (χ0v) is 13.8. The highest BCUT2D eigenvalue weighted by molar-refractivity contribution is 7.88. The Morgan fingerprint density at radius 1 is 1.38 bits per heavy atom. The molecule has 0 unspecified atom stereocenters. The van der Waals surface area contributed by atoms with Gasteiger partial charge in [-0.2, -0.15) is 0 Å². The van der Waals surface area contributed by atoms with E-state index in [1.165, 1.54) is 10.6 Å². The Balaban J connectivity index is 1.96. The zero-order valence-electron chi connectivity index (χ0n) is 13.0. The maximum atomic E-state index is 12.7. The zero-order chi connectivity index (χ0) is 15.5. The fourth-order valence-electron chi connectivity index (χ4n) is 3.12. The van der Waals surface area contributed by atoms with Gasteiger partial charge in [-0.05, 0) is 26.2 Å². The maximum Gasteiger partial charge on any atom is 0.227 e. The molecule has 0 bridgehead atoms. The van der Waals surface area contributed by atoms with Gasteiger partial charge in [0, 0.05) is 38.7 Å². The largest absolute Gasteiger partial charge is 0.381 e. The first-order valence-corrected chi connectivity index (χ1v) is 9.58. The lowest BCUT2D eigenvalue weighted by Gasteiger charge is -2.34. The number of amides is 1. The fraction of sp³-hybridized carbons (Fsp3) is 0.929. The van der Waals surface area contributed by atoms with Crippen molar-refractivity contribution in [3.8, 4) is 0 Å². The summed E-state index contributed by atoms with van der Waals surface area (Å²) in [5.41, 5.74) is 0. The molecule has 0 aromatic carbocycles. The van der Waals surface area contributed by atoms with Crippen LogP contribution in [0.5, 0.6) is 0 Å². The molecule has 2 aliphatic heterocycles. The first-order valence-electron chi connectivity index (χ1n) is 7.73. The van der Waals surface area contributed by atoms with Crippen molar-refractivity contribution in [1.29, 1.82) is 0 Å². The normalized spacial score (nSPS) is 27.7. The predicted octanol–water partition coefficient (Wildman–Crippen LogP) is 0.543. The average molecular weight is 318 g/mol. The molecule has 2 fully saturated rings. The van der Waals surface area contributed by atoms with Gasteiger partial charge in [0.05, 0.1) is 18.8 Å². The smallest absolute Gasteiger partial charge is 0.227 e. The minimum atomic E-state index is -3.20. The summed E-state index contributed by atoms with van der Waals surface area (Å²) >= 11 is 0. The molecular formula is C14H26N2O4S. The van der Waals surface area contributed by atoms with Crippen LogP contribution >= 0.6 is 0 Å². The number of sulfonamides is 1. The first kappa shape index (κ1) is 16.7. The van der Waals surface area contributed by atoms with Crippen LogP contribution in [0.25, 0.3) is 0 Å². The second-order valence-electron chi connectivity index (χ2n) is 6.07. The SMILES string of the molecule is CCN(C[C@H]1CCOC1)C(=O)[C@@H]1CCCN(S(C)(=O)=O)C1. The van der Waals surface area contributed by atoms with E-state index in [2.05, 4.69) is 0 Å². The molecular weight excluding hydrogens is 292 g/mol. The van der Waals surface area contributed by atoms with Crippen molar-refractivity contribution < 1.29 is 17.9 Å². The van der Waals surface area contributed by atoms with Gasteiger partial charge in [-0.3, -0.25) is 4.79 Å². The molecule has 7 heteroatoms. The van der Waals surface area contributed by atoms with Crippen molar-refractivity contribution in [2.45, 2.75) is 26.2 Å². The van der Waals surface area contributed by atoms with Crippen LogP contribution in [0.3, 0.4) is 0 Å². The highest BCUT2D eigenvalue weighted by Gasteiger charge is 2.33. The lowest BCUT2D eigenvalue weighted by Crippen LogP contribution is -2.47. The second-order valence-corrected chi connectivity index (χ2v) is 8.05. The Morgan fingerprint density at radius 3 is 2.71 bits per heavy atom. The third kappa shape index (κ3) is 4.40. The highest BCUT2D eigenvalue weighted by atomic mass is 32.2. The third-order valence-electron chi connectivity index (χ3n) is 4.40. The summed E-state index contributed by atoms with van der Waals surface area (Å²) in [6.45, 7) is 5.74. The van der Waals surface area contributed by atoms with Gasteiger partial charge in [-0.15, -0.1) is 0 Å². The number of hydrogen-bond acceptors (Lipinski definition) is 4. The number of carbonyl (C=O) groups excluding carboxylic acids is 1. The number of hydrogen-bond donors (Lipinski definition) is 0. The summed E-state index contributed by atoms with van der Waals surface area (Å²) in [5, 5.41) is 0. The van der Waals surface area contributed by atoms with Gasteiger partial charge >= 0.3 is 0 Å². The molecule has 2 heterocycles. The van der Waals surface area contributed by atoms with Crippen molar-refractivity contribution in [2.24, 2.45) is 11.8 Å². The van der Waals surface area contributed by atoms with Crippen LogP contribution in [0, 0.1) is 11.8 Å². The third-order valence-corrected chi connectivity index (χ3v) is 5.67. The quantitative estimate of drug-likeness (QED) is 0.742. The lowest BCUT2D eigenvalue weighted by atomic mass is 9.97. The van der Waals surface area contributed by atoms with E-state index in [1.807, 2.05) is 11.8 Å². The summed E-state index contributed by atoms with van der Waals surface area (Å²) in [6.07, 6.45) is 3.76. The Bertz CT molecular complexity index is 460. The van der Waals surface area contributed by atoms with Gasteiger partial charge in [-0.25, -0.2) is 12.7 Å². The molecule has 0 radical (unpaired) electrons. The van der Waals surface area contributed by atoms with E-state index in [1.54, 1.807) is 0 Å². The van der Waals surface area contributed by atoms with Crippen molar-refractivity contribution in [3.05, 3.63) is 0 Å². The number of rotatable bonds is 5. The predicted molar refractivity (Wildman–Crippen MR) is 80.3 cm³/mol. The molecule has 21 heavy (non-hydrogen) atoms. The number of nitrogens with zero attached hydrogens (tertiary/aromatic N) is 2. The molecule has 122 valence electrons. The van der Waals surface area contributed by atoms with E-state index in [9.17, 15) is 13.2 Å². The van der Waals surface area contributed by atoms with E-state index in [0.29, 0.717) is 25.6 Å². The van der Waals surface area contributed by atoms with E-state index in [4.69, 9.17) is 4.74 Å². The molecule has 1 amide bonds. The summed E-state index contributed by atoms with van der Waals surface area (Å²) in [5.74, 6) is 0.317. The Hall–Kier alpha value is -0.660. The number of carbonyl (C=O) groups is 1. The monoisotopic (exact) mass is 318 g/mol. The van der Waals surface area contributed by atoms with Crippen LogP contribution in [-0.4, -0.2) is 69.2 Å². The van der Waals surface area contributed by atoms with Crippen LogP contribution in [0.15, 0.2) is 0 Å². The van der Waals surface area contributed by atoms with Crippen LogP contribution in [0.1, 0.15) is 26.2 Å². The Morgan fingerprint density at radius 2 is 2.14 bits per heavy atom. The minimum Gasteiger partial charge on any atom is -0.381 e. The van der Waals surface area contributed by atoms with E-state index < -0.39 is 10.0 Å². The molecule has 2 saturated heterocycles. The minimum absolute atomic E-state index is 0.0951. The molecule has 2 atom stereocenters. The van der Waals surface area contributed by atoms with E-state index >= 15 is 0 Å². The van der Waals surface area contributed by atoms with Crippen molar-refractivity contribution in [1.82, 2.24) is 9.21 Å². The van der Waals surface area contributed by atoms with Crippen LogP contribution in [0.2, 0.25) is 0 Å². The van der Waals surface area contributed by atoms with Crippen LogP contribution < -0.4 is 0 Å². The van der Waals surface area contributed by atoms with Crippen molar-refractivity contribution in [3.63, 3.8) is 0 Å². The molecule has 0 spiro atoms. The Labute approximate surface area is 127 Å². The standard InChI is InChI=1S/C14H26N2O4S/c1-3-15(9-12-6-8-20-11-12)14(17)13-5-4-7-16(10-13)21(2,18)19/h12-13H,3-11H2,1-2H3/t12-,13-/m1/s1. The summed E-state index contributed by atoms with van der Waals surface area (Å²) in [4.78, 5) is 14.5.